The van der Waals surface area contributed by atoms with Crippen molar-refractivity contribution in [2.45, 2.75) is 25.9 Å². The first-order chi connectivity index (χ1) is 9.72. The fourth-order valence-corrected chi connectivity index (χ4v) is 3.50. The number of thiophene rings is 1. The van der Waals surface area contributed by atoms with Crippen molar-refractivity contribution in [3.63, 3.8) is 0 Å². The van der Waals surface area contributed by atoms with Crippen molar-refractivity contribution in [1.29, 1.82) is 0 Å². The van der Waals surface area contributed by atoms with E-state index in [1.54, 1.807) is 24.6 Å². The molecule has 1 unspecified atom stereocenters. The predicted octanol–water partition coefficient (Wildman–Crippen LogP) is 2.36. The molecule has 0 saturated heterocycles. The summed E-state index contributed by atoms with van der Waals surface area (Å²) in [6.45, 7) is 3.35. The van der Waals surface area contributed by atoms with Crippen molar-refractivity contribution < 1.29 is 4.74 Å². The monoisotopic (exact) mass is 314 g/mol. The zero-order valence-corrected chi connectivity index (χ0v) is 13.2. The third kappa shape index (κ3) is 3.05. The number of nitrogens with one attached hydrogen (secondary N) is 1. The van der Waals surface area contributed by atoms with E-state index < -0.39 is 0 Å². The van der Waals surface area contributed by atoms with Crippen LogP contribution in [0.15, 0.2) is 17.6 Å². The van der Waals surface area contributed by atoms with E-state index in [0.29, 0.717) is 18.2 Å². The van der Waals surface area contributed by atoms with E-state index in [0.717, 1.165) is 12.1 Å². The molecule has 0 spiro atoms. The maximum absolute atomic E-state index is 6.29. The van der Waals surface area contributed by atoms with E-state index in [9.17, 15) is 0 Å². The van der Waals surface area contributed by atoms with Crippen LogP contribution in [0.1, 0.15) is 29.1 Å². The molecule has 5 nitrogen and oxygen atoms in total. The van der Waals surface area contributed by atoms with Crippen LogP contribution in [0, 0.1) is 0 Å². The molecular formula is C13H19ClN4OS. The van der Waals surface area contributed by atoms with Crippen LogP contribution in [0.4, 0.5) is 0 Å². The molecule has 20 heavy (non-hydrogen) atoms. The summed E-state index contributed by atoms with van der Waals surface area (Å²) in [5.41, 5.74) is 5.01. The van der Waals surface area contributed by atoms with Crippen molar-refractivity contribution >= 4 is 22.9 Å². The molecule has 0 aliphatic carbocycles. The summed E-state index contributed by atoms with van der Waals surface area (Å²) in [6, 6.07) is 1.96. The molecule has 0 aliphatic heterocycles. The molecule has 0 aliphatic rings. The number of nitrogens with two attached hydrogens (primary N) is 1. The van der Waals surface area contributed by atoms with Crippen molar-refractivity contribution in [1.82, 2.24) is 15.2 Å². The lowest BCUT2D eigenvalue weighted by Crippen LogP contribution is -2.31. The van der Waals surface area contributed by atoms with Gasteiger partial charge in [0.2, 0.25) is 0 Å². The van der Waals surface area contributed by atoms with Gasteiger partial charge >= 0.3 is 0 Å². The van der Waals surface area contributed by atoms with Gasteiger partial charge in [-0.2, -0.15) is 5.10 Å². The first-order valence-corrected chi connectivity index (χ1v) is 7.71. The van der Waals surface area contributed by atoms with Crippen molar-refractivity contribution in [2.24, 2.45) is 5.84 Å². The van der Waals surface area contributed by atoms with Gasteiger partial charge in [0.05, 0.1) is 36.1 Å². The van der Waals surface area contributed by atoms with Crippen LogP contribution in [0.5, 0.6) is 0 Å². The molecule has 0 saturated carbocycles. The van der Waals surface area contributed by atoms with Crippen molar-refractivity contribution in [2.75, 3.05) is 13.7 Å². The highest BCUT2D eigenvalue weighted by Gasteiger charge is 2.24. The molecule has 1 atom stereocenters. The molecule has 2 heterocycles. The number of methoxy groups -OCH3 is 1. The molecule has 2 aromatic rings. The zero-order chi connectivity index (χ0) is 14.5. The molecule has 2 aromatic heterocycles. The second-order valence-corrected chi connectivity index (χ2v) is 5.71. The van der Waals surface area contributed by atoms with Crippen LogP contribution in [0.2, 0.25) is 5.02 Å². The second-order valence-electron chi connectivity index (χ2n) is 4.36. The van der Waals surface area contributed by atoms with E-state index in [2.05, 4.69) is 28.9 Å². The molecule has 0 radical (unpaired) electrons. The number of aromatic nitrogens is 2. The molecule has 3 N–H and O–H groups in total. The lowest BCUT2D eigenvalue weighted by Gasteiger charge is -2.18. The second kappa shape index (κ2) is 7.19. The van der Waals surface area contributed by atoms with Crippen LogP contribution < -0.4 is 11.3 Å². The molecule has 110 valence electrons. The molecule has 0 fully saturated rings. The number of aryl methyl sites for hydroxylation is 1. The van der Waals surface area contributed by atoms with E-state index in [-0.39, 0.29) is 6.04 Å². The minimum Gasteiger partial charge on any atom is -0.383 e. The number of halogens is 1. The molecular weight excluding hydrogens is 296 g/mol. The van der Waals surface area contributed by atoms with Gasteiger partial charge in [0.1, 0.15) is 0 Å². The van der Waals surface area contributed by atoms with Gasteiger partial charge in [-0.1, -0.05) is 18.5 Å². The highest BCUT2D eigenvalue weighted by atomic mass is 35.5. The van der Waals surface area contributed by atoms with Crippen LogP contribution in [0.3, 0.4) is 0 Å². The van der Waals surface area contributed by atoms with Gasteiger partial charge < -0.3 is 4.74 Å². The minimum absolute atomic E-state index is 0.156. The number of nitrogens with zero attached hydrogens (tertiary/aromatic N) is 2. The topological polar surface area (TPSA) is 65.1 Å². The Morgan fingerprint density at radius 2 is 2.40 bits per heavy atom. The smallest absolute Gasteiger partial charge is 0.0987 e. The third-order valence-electron chi connectivity index (χ3n) is 3.20. The first kappa shape index (κ1) is 15.5. The zero-order valence-electron chi connectivity index (χ0n) is 11.6. The van der Waals surface area contributed by atoms with Gasteiger partial charge in [0, 0.05) is 12.0 Å². The third-order valence-corrected chi connectivity index (χ3v) is 4.52. The normalized spacial score (nSPS) is 12.8. The lowest BCUT2D eigenvalue weighted by molar-refractivity contribution is 0.182. The Labute approximate surface area is 127 Å². The summed E-state index contributed by atoms with van der Waals surface area (Å²) in [5.74, 6) is 5.77. The summed E-state index contributed by atoms with van der Waals surface area (Å²) in [4.78, 5) is 1.18. The maximum Gasteiger partial charge on any atom is 0.0987 e. The van der Waals surface area contributed by atoms with Crippen molar-refractivity contribution in [3.05, 3.63) is 38.8 Å². The van der Waals surface area contributed by atoms with Gasteiger partial charge in [-0.3, -0.25) is 10.5 Å². The lowest BCUT2D eigenvalue weighted by atomic mass is 10.1. The Morgan fingerprint density at radius 3 is 3.05 bits per heavy atom. The van der Waals surface area contributed by atoms with Gasteiger partial charge in [0.25, 0.3) is 0 Å². The number of hydrogen-bond acceptors (Lipinski definition) is 5. The van der Waals surface area contributed by atoms with Crippen LogP contribution >= 0.6 is 22.9 Å². The molecule has 0 amide bonds. The number of ether oxygens (including phenoxy) is 1. The number of hydrogen-bond donors (Lipinski definition) is 2. The largest absolute Gasteiger partial charge is 0.383 e. The molecule has 2 rings (SSSR count). The Morgan fingerprint density at radius 1 is 1.60 bits per heavy atom. The summed E-state index contributed by atoms with van der Waals surface area (Å²) in [5, 5.41) is 6.98. The predicted molar refractivity (Wildman–Crippen MR) is 82.0 cm³/mol. The SMILES string of the molecule is CCc1ccsc1C(NN)c1c(Cl)cnn1CCOC. The van der Waals surface area contributed by atoms with Crippen LogP contribution in [0.25, 0.3) is 0 Å². The Balaban J connectivity index is 2.39. The van der Waals surface area contributed by atoms with Crippen LogP contribution in [-0.4, -0.2) is 23.5 Å². The summed E-state index contributed by atoms with van der Waals surface area (Å²) >= 11 is 7.97. The van der Waals surface area contributed by atoms with Crippen molar-refractivity contribution in [3.8, 4) is 0 Å². The summed E-state index contributed by atoms with van der Waals surface area (Å²) in [7, 11) is 1.66. The quantitative estimate of drug-likeness (QED) is 0.608. The molecule has 0 bridgehead atoms. The Hall–Kier alpha value is -0.920. The van der Waals surface area contributed by atoms with E-state index in [4.69, 9.17) is 22.2 Å². The Kier molecular flexibility index (Phi) is 5.56. The van der Waals surface area contributed by atoms with Crippen LogP contribution in [-0.2, 0) is 17.7 Å². The van der Waals surface area contributed by atoms with E-state index in [1.807, 2.05) is 4.68 Å². The molecule has 7 heteroatoms. The fraction of sp³-hybridized carbons (Fsp3) is 0.462. The highest BCUT2D eigenvalue weighted by molar-refractivity contribution is 7.10. The van der Waals surface area contributed by atoms with Gasteiger partial charge in [-0.05, 0) is 23.4 Å². The minimum atomic E-state index is -0.156. The average molecular weight is 315 g/mol. The highest BCUT2D eigenvalue weighted by Crippen LogP contribution is 2.33. The van der Waals surface area contributed by atoms with Gasteiger partial charge in [-0.15, -0.1) is 11.3 Å². The number of rotatable bonds is 7. The van der Waals surface area contributed by atoms with E-state index in [1.165, 1.54) is 10.4 Å². The average Bonchev–Trinajstić information content (AvgIpc) is 3.06. The summed E-state index contributed by atoms with van der Waals surface area (Å²) < 4.78 is 6.95. The number of hydrazine groups is 1. The van der Waals surface area contributed by atoms with Gasteiger partial charge in [0.15, 0.2) is 0 Å². The standard InChI is InChI=1S/C13H19ClN4OS/c1-3-9-4-7-20-13(9)11(17-15)12-10(14)8-16-18(12)5-6-19-2/h4,7-8,11,17H,3,5-6,15H2,1-2H3. The summed E-state index contributed by atoms with van der Waals surface area (Å²) in [6.07, 6.45) is 2.61. The van der Waals surface area contributed by atoms with E-state index >= 15 is 0 Å². The molecule has 0 aromatic carbocycles. The fourth-order valence-electron chi connectivity index (χ4n) is 2.19. The maximum atomic E-state index is 6.29. The van der Waals surface area contributed by atoms with Gasteiger partial charge in [-0.25, -0.2) is 5.43 Å². The first-order valence-electron chi connectivity index (χ1n) is 6.45. The Bertz CT molecular complexity index is 554.